The zero-order chi connectivity index (χ0) is 12.8. The Morgan fingerprint density at radius 3 is 2.95 bits per heavy atom. The van der Waals surface area contributed by atoms with E-state index >= 15 is 0 Å². The van der Waals surface area contributed by atoms with Crippen LogP contribution in [0.5, 0.6) is 0 Å². The van der Waals surface area contributed by atoms with Gasteiger partial charge in [-0.1, -0.05) is 35.5 Å². The normalized spacial score (nSPS) is 20.5. The number of fused-ring (bicyclic) bond motifs is 3. The maximum Gasteiger partial charge on any atom is 0.125 e. The summed E-state index contributed by atoms with van der Waals surface area (Å²) in [6.45, 7) is 0.714. The van der Waals surface area contributed by atoms with Gasteiger partial charge in [-0.15, -0.1) is 0 Å². The first-order chi connectivity index (χ1) is 9.34. The Labute approximate surface area is 111 Å². The Bertz CT molecular complexity index is 658. The van der Waals surface area contributed by atoms with E-state index in [0.29, 0.717) is 12.5 Å². The summed E-state index contributed by atoms with van der Waals surface area (Å²) in [4.78, 5) is 5.24. The lowest BCUT2D eigenvalue weighted by atomic mass is 9.85. The fraction of sp³-hybridized carbons (Fsp3) is 0.333. The van der Waals surface area contributed by atoms with Gasteiger partial charge in [-0.05, 0) is 12.8 Å². The Kier molecular flexibility index (Phi) is 2.24. The monoisotopic (exact) mass is 253 g/mol. The van der Waals surface area contributed by atoms with Crippen LogP contribution in [0.15, 0.2) is 35.5 Å². The summed E-state index contributed by atoms with van der Waals surface area (Å²) in [6, 6.07) is 10.4. The SMILES string of the molecule is Cn1nc2c(c1-c1ccccc1)CCC1CON=C21. The number of benzene rings is 1. The average molecular weight is 253 g/mol. The standard InChI is InChI=1S/C15H15N3O/c1-18-15(10-5-3-2-4-6-10)12-8-7-11-9-19-17-13(11)14(12)16-18/h2-6,11H,7-9H2,1H3. The molecule has 0 fully saturated rings. The lowest BCUT2D eigenvalue weighted by Crippen LogP contribution is -2.22. The van der Waals surface area contributed by atoms with E-state index in [4.69, 9.17) is 4.84 Å². The van der Waals surface area contributed by atoms with Gasteiger partial charge in [0.15, 0.2) is 0 Å². The third-order valence-electron chi connectivity index (χ3n) is 4.00. The van der Waals surface area contributed by atoms with Crippen molar-refractivity contribution in [3.63, 3.8) is 0 Å². The van der Waals surface area contributed by atoms with Crippen molar-refractivity contribution in [3.8, 4) is 11.3 Å². The zero-order valence-corrected chi connectivity index (χ0v) is 10.8. The largest absolute Gasteiger partial charge is 0.395 e. The van der Waals surface area contributed by atoms with Gasteiger partial charge in [-0.3, -0.25) is 4.68 Å². The molecule has 0 spiro atoms. The van der Waals surface area contributed by atoms with Crippen molar-refractivity contribution in [3.05, 3.63) is 41.6 Å². The lowest BCUT2D eigenvalue weighted by Gasteiger charge is -2.16. The molecule has 19 heavy (non-hydrogen) atoms. The quantitative estimate of drug-likeness (QED) is 0.782. The minimum atomic E-state index is 0.436. The Morgan fingerprint density at radius 2 is 2.11 bits per heavy atom. The van der Waals surface area contributed by atoms with Crippen LogP contribution in [0, 0.1) is 5.92 Å². The smallest absolute Gasteiger partial charge is 0.125 e. The molecule has 4 rings (SSSR count). The molecule has 1 aliphatic heterocycles. The van der Waals surface area contributed by atoms with Crippen LogP contribution in [0.25, 0.3) is 11.3 Å². The molecule has 0 N–H and O–H groups in total. The van der Waals surface area contributed by atoms with Crippen LogP contribution in [-0.2, 0) is 18.3 Å². The van der Waals surface area contributed by atoms with Crippen LogP contribution >= 0.6 is 0 Å². The van der Waals surface area contributed by atoms with Gasteiger partial charge in [0, 0.05) is 24.1 Å². The number of aromatic nitrogens is 2. The highest BCUT2D eigenvalue weighted by molar-refractivity contribution is 6.04. The predicted molar refractivity (Wildman–Crippen MR) is 72.9 cm³/mol. The number of oxime groups is 1. The zero-order valence-electron chi connectivity index (χ0n) is 10.8. The van der Waals surface area contributed by atoms with E-state index in [-0.39, 0.29) is 0 Å². The third kappa shape index (κ3) is 1.52. The molecule has 1 aromatic carbocycles. The van der Waals surface area contributed by atoms with Gasteiger partial charge in [0.1, 0.15) is 18.0 Å². The Balaban J connectivity index is 1.91. The second kappa shape index (κ2) is 3.95. The van der Waals surface area contributed by atoms with Crippen LogP contribution in [0.1, 0.15) is 17.7 Å². The molecule has 2 heterocycles. The van der Waals surface area contributed by atoms with E-state index in [1.165, 1.54) is 16.8 Å². The molecule has 1 aromatic heterocycles. The van der Waals surface area contributed by atoms with E-state index < -0.39 is 0 Å². The molecule has 0 saturated carbocycles. The van der Waals surface area contributed by atoms with Crippen molar-refractivity contribution in [2.24, 2.45) is 18.1 Å². The van der Waals surface area contributed by atoms with Crippen molar-refractivity contribution in [2.75, 3.05) is 6.61 Å². The first-order valence-corrected chi connectivity index (χ1v) is 6.66. The first kappa shape index (κ1) is 10.8. The Morgan fingerprint density at radius 1 is 1.26 bits per heavy atom. The van der Waals surface area contributed by atoms with Crippen LogP contribution in [0.2, 0.25) is 0 Å². The first-order valence-electron chi connectivity index (χ1n) is 6.66. The highest BCUT2D eigenvalue weighted by Crippen LogP contribution is 2.35. The molecule has 96 valence electrons. The summed E-state index contributed by atoms with van der Waals surface area (Å²) in [7, 11) is 2.01. The maximum absolute atomic E-state index is 5.24. The van der Waals surface area contributed by atoms with Gasteiger partial charge >= 0.3 is 0 Å². The van der Waals surface area contributed by atoms with Crippen molar-refractivity contribution in [1.82, 2.24) is 9.78 Å². The van der Waals surface area contributed by atoms with Crippen LogP contribution in [0.4, 0.5) is 0 Å². The summed E-state index contributed by atoms with van der Waals surface area (Å²) in [5.74, 6) is 0.436. The highest BCUT2D eigenvalue weighted by Gasteiger charge is 2.35. The predicted octanol–water partition coefficient (Wildman–Crippen LogP) is 2.38. The van der Waals surface area contributed by atoms with Gasteiger partial charge in [-0.2, -0.15) is 5.10 Å². The molecule has 0 amide bonds. The number of nitrogens with zero attached hydrogens (tertiary/aromatic N) is 3. The summed E-state index contributed by atoms with van der Waals surface area (Å²) in [5.41, 5.74) is 5.82. The maximum atomic E-state index is 5.24. The molecular weight excluding hydrogens is 238 g/mol. The van der Waals surface area contributed by atoms with Crippen LogP contribution in [-0.4, -0.2) is 22.1 Å². The molecule has 1 aliphatic carbocycles. The molecule has 2 aromatic rings. The van der Waals surface area contributed by atoms with Gasteiger partial charge in [-0.25, -0.2) is 0 Å². The molecule has 4 nitrogen and oxygen atoms in total. The van der Waals surface area contributed by atoms with Crippen molar-refractivity contribution in [1.29, 1.82) is 0 Å². The number of aryl methyl sites for hydroxylation is 1. The summed E-state index contributed by atoms with van der Waals surface area (Å²) < 4.78 is 1.98. The minimum Gasteiger partial charge on any atom is -0.395 e. The molecule has 1 atom stereocenters. The number of hydrogen-bond donors (Lipinski definition) is 0. The summed E-state index contributed by atoms with van der Waals surface area (Å²) in [6.07, 6.45) is 2.16. The molecule has 4 heteroatoms. The van der Waals surface area contributed by atoms with Crippen LogP contribution in [0.3, 0.4) is 0 Å². The second-order valence-electron chi connectivity index (χ2n) is 5.17. The number of rotatable bonds is 1. The van der Waals surface area contributed by atoms with E-state index in [1.807, 2.05) is 17.8 Å². The highest BCUT2D eigenvalue weighted by atomic mass is 16.6. The molecule has 0 bridgehead atoms. The minimum absolute atomic E-state index is 0.436. The molecular formula is C15H15N3O. The van der Waals surface area contributed by atoms with Crippen molar-refractivity contribution >= 4 is 5.71 Å². The van der Waals surface area contributed by atoms with Gasteiger partial charge in [0.25, 0.3) is 0 Å². The molecule has 2 aliphatic rings. The van der Waals surface area contributed by atoms with E-state index in [0.717, 1.165) is 24.2 Å². The Hall–Kier alpha value is -2.10. The van der Waals surface area contributed by atoms with Crippen molar-refractivity contribution in [2.45, 2.75) is 12.8 Å². The fourth-order valence-electron chi connectivity index (χ4n) is 3.09. The summed E-state index contributed by atoms with van der Waals surface area (Å²) >= 11 is 0. The van der Waals surface area contributed by atoms with Gasteiger partial charge in [0.2, 0.25) is 0 Å². The molecule has 0 saturated heterocycles. The third-order valence-corrected chi connectivity index (χ3v) is 4.00. The topological polar surface area (TPSA) is 39.4 Å². The van der Waals surface area contributed by atoms with E-state index in [9.17, 15) is 0 Å². The van der Waals surface area contributed by atoms with Gasteiger partial charge < -0.3 is 4.84 Å². The van der Waals surface area contributed by atoms with E-state index in [2.05, 4.69) is 34.5 Å². The second-order valence-corrected chi connectivity index (χ2v) is 5.17. The lowest BCUT2D eigenvalue weighted by molar-refractivity contribution is 0.153. The molecule has 0 radical (unpaired) electrons. The van der Waals surface area contributed by atoms with Crippen molar-refractivity contribution < 1.29 is 4.84 Å². The van der Waals surface area contributed by atoms with Crippen LogP contribution < -0.4 is 0 Å². The molecule has 1 unspecified atom stereocenters. The fourth-order valence-corrected chi connectivity index (χ4v) is 3.09. The summed E-state index contributed by atoms with van der Waals surface area (Å²) in [5, 5.41) is 8.86. The van der Waals surface area contributed by atoms with Gasteiger partial charge in [0.05, 0.1) is 5.69 Å². The average Bonchev–Trinajstić information content (AvgIpc) is 3.02. The number of hydrogen-bond acceptors (Lipinski definition) is 3. The van der Waals surface area contributed by atoms with E-state index in [1.54, 1.807) is 0 Å².